The van der Waals surface area contributed by atoms with Crippen LogP contribution in [0.3, 0.4) is 0 Å². The lowest BCUT2D eigenvalue weighted by atomic mass is 10.1. The fraction of sp³-hybridized carbons (Fsp3) is 0.312. The smallest absolute Gasteiger partial charge is 0.273 e. The Morgan fingerprint density at radius 1 is 1.12 bits per heavy atom. The van der Waals surface area contributed by atoms with Crippen LogP contribution in [-0.2, 0) is 22.9 Å². The van der Waals surface area contributed by atoms with Crippen molar-refractivity contribution in [3.63, 3.8) is 0 Å². The molecule has 0 spiro atoms. The van der Waals surface area contributed by atoms with Gasteiger partial charge in [-0.1, -0.05) is 24.1 Å². The zero-order valence-electron chi connectivity index (χ0n) is 12.8. The van der Waals surface area contributed by atoms with Gasteiger partial charge in [-0.05, 0) is 55.5 Å². The molecule has 5 nitrogen and oxygen atoms in total. The second-order valence-electron chi connectivity index (χ2n) is 5.64. The Morgan fingerprint density at radius 3 is 2.71 bits per heavy atom. The second-order valence-corrected chi connectivity index (χ2v) is 8.89. The van der Waals surface area contributed by atoms with Crippen molar-refractivity contribution in [1.82, 2.24) is 10.3 Å². The molecular formula is C16H17ClN2O3S2. The number of carbonyl (C=O) groups excluding carboxylic acids is 1. The predicted molar refractivity (Wildman–Crippen MR) is 94.8 cm³/mol. The van der Waals surface area contributed by atoms with Gasteiger partial charge in [-0.25, -0.2) is 8.42 Å². The summed E-state index contributed by atoms with van der Waals surface area (Å²) in [5, 5.41) is 0.311. The van der Waals surface area contributed by atoms with Gasteiger partial charge in [0.25, 0.3) is 15.9 Å². The van der Waals surface area contributed by atoms with E-state index in [1.165, 1.54) is 46.4 Å². The molecule has 0 atom stereocenters. The monoisotopic (exact) mass is 384 g/mol. The highest BCUT2D eigenvalue weighted by molar-refractivity contribution is 7.89. The number of hydrogen-bond acceptors (Lipinski definition) is 4. The van der Waals surface area contributed by atoms with E-state index in [9.17, 15) is 13.2 Å². The van der Waals surface area contributed by atoms with Gasteiger partial charge in [0, 0.05) is 9.90 Å². The van der Waals surface area contributed by atoms with Crippen molar-refractivity contribution in [2.75, 3.05) is 0 Å². The number of hydrazine groups is 1. The number of rotatable bonds is 4. The summed E-state index contributed by atoms with van der Waals surface area (Å²) in [5.74, 6) is -0.446. The number of fused-ring (bicyclic) bond motifs is 1. The third-order valence-electron chi connectivity index (χ3n) is 3.88. The van der Waals surface area contributed by atoms with Gasteiger partial charge in [0.2, 0.25) is 0 Å². The zero-order chi connectivity index (χ0) is 17.2. The summed E-state index contributed by atoms with van der Waals surface area (Å²) in [6.07, 6.45) is 5.44. The molecule has 3 rings (SSSR count). The number of aryl methyl sites for hydroxylation is 2. The average Bonchev–Trinajstić information content (AvgIpc) is 2.84. The molecule has 2 aromatic rings. The topological polar surface area (TPSA) is 75.3 Å². The number of thiophene rings is 1. The highest BCUT2D eigenvalue weighted by atomic mass is 35.5. The summed E-state index contributed by atoms with van der Waals surface area (Å²) < 4.78 is 24.4. The second kappa shape index (κ2) is 7.23. The van der Waals surface area contributed by atoms with E-state index >= 15 is 0 Å². The molecule has 1 aromatic heterocycles. The van der Waals surface area contributed by atoms with Gasteiger partial charge in [0.05, 0.1) is 9.77 Å². The minimum atomic E-state index is -3.86. The van der Waals surface area contributed by atoms with Gasteiger partial charge >= 0.3 is 0 Å². The van der Waals surface area contributed by atoms with Gasteiger partial charge in [-0.15, -0.1) is 16.2 Å². The largest absolute Gasteiger partial charge is 0.276 e. The van der Waals surface area contributed by atoms with Crippen LogP contribution in [0.1, 0.15) is 39.4 Å². The van der Waals surface area contributed by atoms with E-state index in [1.807, 2.05) is 6.07 Å². The Hall–Kier alpha value is -1.41. The molecule has 0 bridgehead atoms. The van der Waals surface area contributed by atoms with E-state index in [1.54, 1.807) is 6.07 Å². The highest BCUT2D eigenvalue weighted by Gasteiger charge is 2.19. The van der Waals surface area contributed by atoms with Gasteiger partial charge < -0.3 is 0 Å². The lowest BCUT2D eigenvalue weighted by Gasteiger charge is -2.07. The normalized spacial score (nSPS) is 14.7. The SMILES string of the molecule is O=C(NNS(=O)(=O)c1cccc(Cl)c1)c1cc2c(s1)CCCCC2. The molecule has 1 aliphatic rings. The first-order chi connectivity index (χ1) is 11.5. The van der Waals surface area contributed by atoms with E-state index in [0.29, 0.717) is 9.90 Å². The van der Waals surface area contributed by atoms with Crippen LogP contribution in [0.5, 0.6) is 0 Å². The molecule has 128 valence electrons. The molecule has 1 aromatic carbocycles. The van der Waals surface area contributed by atoms with Crippen molar-refractivity contribution in [1.29, 1.82) is 0 Å². The predicted octanol–water partition coefficient (Wildman–Crippen LogP) is 3.29. The van der Waals surface area contributed by atoms with Gasteiger partial charge in [0.1, 0.15) is 0 Å². The fourth-order valence-corrected chi connectivity index (χ4v) is 4.94. The Bertz CT molecular complexity index is 838. The molecular weight excluding hydrogens is 368 g/mol. The maximum atomic E-state index is 12.2. The quantitative estimate of drug-likeness (QED) is 0.627. The molecule has 1 aliphatic carbocycles. The number of amides is 1. The Balaban J connectivity index is 1.69. The van der Waals surface area contributed by atoms with Crippen LogP contribution in [0.2, 0.25) is 5.02 Å². The van der Waals surface area contributed by atoms with Crippen molar-refractivity contribution < 1.29 is 13.2 Å². The van der Waals surface area contributed by atoms with Crippen LogP contribution in [0.15, 0.2) is 35.2 Å². The molecule has 1 heterocycles. The van der Waals surface area contributed by atoms with E-state index in [2.05, 4.69) is 10.3 Å². The summed E-state index contributed by atoms with van der Waals surface area (Å²) in [6, 6.07) is 7.72. The number of carbonyl (C=O) groups is 1. The average molecular weight is 385 g/mol. The Labute approximate surface area is 150 Å². The molecule has 0 saturated carbocycles. The van der Waals surface area contributed by atoms with Crippen LogP contribution < -0.4 is 10.3 Å². The molecule has 8 heteroatoms. The van der Waals surface area contributed by atoms with Crippen molar-refractivity contribution in [3.05, 3.63) is 50.7 Å². The van der Waals surface area contributed by atoms with Crippen LogP contribution in [0.4, 0.5) is 0 Å². The highest BCUT2D eigenvalue weighted by Crippen LogP contribution is 2.28. The van der Waals surface area contributed by atoms with Crippen LogP contribution >= 0.6 is 22.9 Å². The van der Waals surface area contributed by atoms with Crippen molar-refractivity contribution in [2.24, 2.45) is 0 Å². The lowest BCUT2D eigenvalue weighted by molar-refractivity contribution is 0.0949. The summed E-state index contributed by atoms with van der Waals surface area (Å²) in [4.78, 5) is 16.1. The standard InChI is InChI=1S/C16H17ClN2O3S2/c17-12-6-4-7-13(10-12)24(21,22)19-18-16(20)15-9-11-5-2-1-3-8-14(11)23-15/h4,6-7,9-10,19H,1-3,5,8H2,(H,18,20). The summed E-state index contributed by atoms with van der Waals surface area (Å²) in [7, 11) is -3.86. The van der Waals surface area contributed by atoms with Crippen molar-refractivity contribution >= 4 is 38.9 Å². The van der Waals surface area contributed by atoms with E-state index < -0.39 is 15.9 Å². The fourth-order valence-electron chi connectivity index (χ4n) is 2.65. The first-order valence-corrected chi connectivity index (χ1v) is 10.3. The molecule has 24 heavy (non-hydrogen) atoms. The van der Waals surface area contributed by atoms with Gasteiger partial charge in [-0.2, -0.15) is 0 Å². The third-order valence-corrected chi connectivity index (χ3v) is 6.59. The van der Waals surface area contributed by atoms with Crippen LogP contribution in [0.25, 0.3) is 0 Å². The minimum Gasteiger partial charge on any atom is -0.273 e. The van der Waals surface area contributed by atoms with Crippen molar-refractivity contribution in [2.45, 2.75) is 37.0 Å². The molecule has 0 radical (unpaired) electrons. The van der Waals surface area contributed by atoms with Gasteiger partial charge in [-0.3, -0.25) is 10.2 Å². The Kier molecular flexibility index (Phi) is 5.24. The lowest BCUT2D eigenvalue weighted by Crippen LogP contribution is -2.41. The molecule has 0 aliphatic heterocycles. The van der Waals surface area contributed by atoms with E-state index in [0.717, 1.165) is 25.7 Å². The number of hydrogen-bond donors (Lipinski definition) is 2. The van der Waals surface area contributed by atoms with Gasteiger partial charge in [0.15, 0.2) is 0 Å². The summed E-state index contributed by atoms with van der Waals surface area (Å²) >= 11 is 7.24. The number of benzene rings is 1. The summed E-state index contributed by atoms with van der Waals surface area (Å²) in [5.41, 5.74) is 3.48. The number of halogens is 1. The maximum absolute atomic E-state index is 12.2. The van der Waals surface area contributed by atoms with E-state index in [-0.39, 0.29) is 4.90 Å². The number of nitrogens with one attached hydrogen (secondary N) is 2. The van der Waals surface area contributed by atoms with E-state index in [4.69, 9.17) is 11.6 Å². The Morgan fingerprint density at radius 2 is 1.92 bits per heavy atom. The maximum Gasteiger partial charge on any atom is 0.276 e. The number of sulfonamides is 1. The first-order valence-electron chi connectivity index (χ1n) is 7.65. The van der Waals surface area contributed by atoms with Crippen LogP contribution in [-0.4, -0.2) is 14.3 Å². The third kappa shape index (κ3) is 3.97. The summed E-state index contributed by atoms with van der Waals surface area (Å²) in [6.45, 7) is 0. The molecule has 1 amide bonds. The molecule has 0 fully saturated rings. The van der Waals surface area contributed by atoms with Crippen LogP contribution in [0, 0.1) is 0 Å². The molecule has 0 saturated heterocycles. The minimum absolute atomic E-state index is 0.00254. The molecule has 0 unspecified atom stereocenters. The van der Waals surface area contributed by atoms with Crippen molar-refractivity contribution in [3.8, 4) is 0 Å². The first kappa shape index (κ1) is 17.4. The molecule has 2 N–H and O–H groups in total. The zero-order valence-corrected chi connectivity index (χ0v) is 15.2.